The molecule has 0 bridgehead atoms. The molecule has 0 aliphatic rings. The molecule has 12 heteroatoms. The van der Waals surface area contributed by atoms with Crippen LogP contribution in [0.2, 0.25) is 0 Å². The van der Waals surface area contributed by atoms with Crippen molar-refractivity contribution in [2.24, 2.45) is 21.7 Å². The first kappa shape index (κ1) is 22.9. The van der Waals surface area contributed by atoms with Crippen LogP contribution in [0.4, 0.5) is 30.6 Å². The van der Waals surface area contributed by atoms with Gasteiger partial charge in [-0.25, -0.2) is 15.0 Å². The Labute approximate surface area is 181 Å². The molecule has 3 aromatic heterocycles. The summed E-state index contributed by atoms with van der Waals surface area (Å²) in [5, 5.41) is 7.76. The van der Waals surface area contributed by atoms with Crippen LogP contribution in [-0.2, 0) is 5.54 Å². The van der Waals surface area contributed by atoms with Crippen LogP contribution >= 0.6 is 0 Å². The molecule has 0 aliphatic heterocycles. The predicted octanol–water partition coefficient (Wildman–Crippen LogP) is 2.84. The second-order valence-corrected chi connectivity index (χ2v) is 7.33. The molecule has 3 aromatic rings. The maximum absolute atomic E-state index is 12.9. The number of hydrogen-bond acceptors (Lipinski definition) is 9. The molecular weight excluding hydrogens is 423 g/mol. The number of nitrogens with two attached hydrogens (primary N) is 3. The smallest absolute Gasteiger partial charge is 0.383 e. The first-order valence-corrected chi connectivity index (χ1v) is 9.38. The van der Waals surface area contributed by atoms with E-state index in [1.165, 1.54) is 37.7 Å². The van der Waals surface area contributed by atoms with Crippen LogP contribution in [-0.4, -0.2) is 40.1 Å². The van der Waals surface area contributed by atoms with E-state index in [2.05, 4.69) is 30.4 Å². The Morgan fingerprint density at radius 2 is 1.91 bits per heavy atom. The van der Waals surface area contributed by atoms with Crippen molar-refractivity contribution in [3.05, 3.63) is 47.9 Å². The van der Waals surface area contributed by atoms with Gasteiger partial charge in [0, 0.05) is 30.4 Å². The van der Waals surface area contributed by atoms with Crippen molar-refractivity contribution in [2.45, 2.75) is 25.1 Å². The van der Waals surface area contributed by atoms with E-state index >= 15 is 0 Å². The zero-order valence-corrected chi connectivity index (χ0v) is 17.4. The van der Waals surface area contributed by atoms with Gasteiger partial charge in [-0.15, -0.1) is 0 Å². The van der Waals surface area contributed by atoms with Gasteiger partial charge < -0.3 is 22.6 Å². The summed E-state index contributed by atoms with van der Waals surface area (Å²) in [6, 6.07) is 6.36. The number of hydrazone groups is 1. The molecule has 0 fully saturated rings. The highest BCUT2D eigenvalue weighted by atomic mass is 19.4. The van der Waals surface area contributed by atoms with Crippen molar-refractivity contribution < 1.29 is 13.2 Å². The molecular formula is C20H22F3N9. The van der Waals surface area contributed by atoms with Crippen LogP contribution in [0.3, 0.4) is 0 Å². The number of aliphatic imine (C=N–C) groups is 1. The number of nitrogens with one attached hydrogen (secondary N) is 1. The first-order valence-electron chi connectivity index (χ1n) is 9.38. The van der Waals surface area contributed by atoms with E-state index in [1.54, 1.807) is 19.2 Å². The fourth-order valence-corrected chi connectivity index (χ4v) is 3.19. The van der Waals surface area contributed by atoms with Crippen LogP contribution in [0.15, 0.2) is 46.8 Å². The fraction of sp³-hybridized carbons (Fsp3) is 0.250. The Kier molecular flexibility index (Phi) is 6.25. The van der Waals surface area contributed by atoms with E-state index in [4.69, 9.17) is 17.3 Å². The molecule has 1 atom stereocenters. The zero-order valence-electron chi connectivity index (χ0n) is 17.4. The molecule has 7 N–H and O–H groups in total. The number of nitrogens with zero attached hydrogens (tertiary/aromatic N) is 5. The maximum atomic E-state index is 12.9. The number of alkyl halides is 3. The van der Waals surface area contributed by atoms with Crippen molar-refractivity contribution in [2.75, 3.05) is 18.1 Å². The molecule has 0 saturated heterocycles. The van der Waals surface area contributed by atoms with E-state index in [1.807, 2.05) is 0 Å². The molecule has 0 aromatic carbocycles. The SMILES string of the molecule is CN=C(/C=N\N)c1cc2cc(Nc3cc([C@@](C)(N)CC(F)(F)F)ccn3)ncc2c(N)n1. The Morgan fingerprint density at radius 3 is 2.56 bits per heavy atom. The van der Waals surface area contributed by atoms with Gasteiger partial charge in [0.15, 0.2) is 0 Å². The second kappa shape index (κ2) is 8.75. The molecule has 0 aliphatic carbocycles. The van der Waals surface area contributed by atoms with Crippen LogP contribution in [0.25, 0.3) is 10.8 Å². The number of halogens is 3. The minimum atomic E-state index is -4.40. The minimum absolute atomic E-state index is 0.245. The van der Waals surface area contributed by atoms with E-state index in [9.17, 15) is 13.2 Å². The van der Waals surface area contributed by atoms with Crippen LogP contribution < -0.4 is 22.6 Å². The monoisotopic (exact) mass is 445 g/mol. The molecule has 3 heterocycles. The highest BCUT2D eigenvalue weighted by Gasteiger charge is 2.38. The number of pyridine rings is 3. The summed E-state index contributed by atoms with van der Waals surface area (Å²) in [5.74, 6) is 6.15. The zero-order chi connectivity index (χ0) is 23.5. The van der Waals surface area contributed by atoms with Gasteiger partial charge in [-0.1, -0.05) is 0 Å². The average molecular weight is 445 g/mol. The molecule has 0 saturated carbocycles. The van der Waals surface area contributed by atoms with Crippen LogP contribution in [0.5, 0.6) is 0 Å². The molecule has 0 radical (unpaired) electrons. The van der Waals surface area contributed by atoms with Crippen molar-refractivity contribution in [1.82, 2.24) is 15.0 Å². The predicted molar refractivity (Wildman–Crippen MR) is 119 cm³/mol. The summed E-state index contributed by atoms with van der Waals surface area (Å²) < 4.78 is 38.6. The van der Waals surface area contributed by atoms with E-state index in [0.717, 1.165) is 0 Å². The van der Waals surface area contributed by atoms with Gasteiger partial charge in [0.25, 0.3) is 0 Å². The Hall–Kier alpha value is -3.80. The fourth-order valence-electron chi connectivity index (χ4n) is 3.19. The van der Waals surface area contributed by atoms with Crippen LogP contribution in [0, 0.1) is 0 Å². The summed E-state index contributed by atoms with van der Waals surface area (Å²) in [6.45, 7) is 1.32. The number of aromatic nitrogens is 3. The third kappa shape index (κ3) is 5.27. The van der Waals surface area contributed by atoms with Gasteiger partial charge in [-0.2, -0.15) is 18.3 Å². The molecule has 3 rings (SSSR count). The quantitative estimate of drug-likeness (QED) is 0.258. The third-order valence-electron chi connectivity index (χ3n) is 4.69. The minimum Gasteiger partial charge on any atom is -0.383 e. The normalized spacial score (nSPS) is 14.6. The van der Waals surface area contributed by atoms with Crippen LogP contribution in [0.1, 0.15) is 24.6 Å². The molecule has 0 unspecified atom stereocenters. The number of fused-ring (bicyclic) bond motifs is 1. The van der Waals surface area contributed by atoms with Gasteiger partial charge in [0.2, 0.25) is 0 Å². The summed E-state index contributed by atoms with van der Waals surface area (Å²) in [4.78, 5) is 16.8. The highest BCUT2D eigenvalue weighted by molar-refractivity contribution is 6.38. The molecule has 9 nitrogen and oxygen atoms in total. The van der Waals surface area contributed by atoms with Gasteiger partial charge >= 0.3 is 6.18 Å². The lowest BCUT2D eigenvalue weighted by atomic mass is 9.90. The van der Waals surface area contributed by atoms with Gasteiger partial charge in [0.1, 0.15) is 23.2 Å². The Bertz CT molecular complexity index is 1190. The Morgan fingerprint density at radius 1 is 1.19 bits per heavy atom. The topological polar surface area (TPSA) is 153 Å². The highest BCUT2D eigenvalue weighted by Crippen LogP contribution is 2.33. The third-order valence-corrected chi connectivity index (χ3v) is 4.69. The lowest BCUT2D eigenvalue weighted by Crippen LogP contribution is -2.38. The largest absolute Gasteiger partial charge is 0.391 e. The molecule has 32 heavy (non-hydrogen) atoms. The number of hydrogen-bond donors (Lipinski definition) is 4. The summed E-state index contributed by atoms with van der Waals surface area (Å²) >= 11 is 0. The van der Waals surface area contributed by atoms with Crippen molar-refractivity contribution in [3.63, 3.8) is 0 Å². The second-order valence-electron chi connectivity index (χ2n) is 7.33. The van der Waals surface area contributed by atoms with E-state index in [-0.39, 0.29) is 11.4 Å². The standard InChI is InChI=1S/C20H22F3N9/c1-19(25,10-20(21,22)23)12-3-4-28-17(7-12)32-16-6-11-5-14(15(27-2)9-30-26)31-18(24)13(11)8-29-16/h3-9H,10,25-26H2,1-2H3,(H2,24,31)(H,28,29,32)/b27-15?,30-9-/t19-/m0/s1. The lowest BCUT2D eigenvalue weighted by Gasteiger charge is -2.26. The van der Waals surface area contributed by atoms with Gasteiger partial charge in [0.05, 0.1) is 18.3 Å². The van der Waals surface area contributed by atoms with Crippen molar-refractivity contribution in [3.8, 4) is 0 Å². The Balaban J connectivity index is 1.94. The van der Waals surface area contributed by atoms with E-state index in [0.29, 0.717) is 33.8 Å². The lowest BCUT2D eigenvalue weighted by molar-refractivity contribution is -0.146. The van der Waals surface area contributed by atoms with E-state index < -0.39 is 18.1 Å². The first-order chi connectivity index (χ1) is 15.0. The molecule has 0 spiro atoms. The van der Waals surface area contributed by atoms with Crippen molar-refractivity contribution in [1.29, 1.82) is 0 Å². The molecule has 168 valence electrons. The van der Waals surface area contributed by atoms with Gasteiger partial charge in [-0.05, 0) is 42.1 Å². The average Bonchev–Trinajstić information content (AvgIpc) is 2.70. The van der Waals surface area contributed by atoms with Crippen molar-refractivity contribution >= 4 is 40.2 Å². The molecule has 0 amide bonds. The number of rotatable bonds is 6. The summed E-state index contributed by atoms with van der Waals surface area (Å²) in [7, 11) is 1.57. The number of nitrogen functional groups attached to an aromatic ring is 1. The summed E-state index contributed by atoms with van der Waals surface area (Å²) in [6.07, 6.45) is -1.30. The number of anilines is 3. The summed E-state index contributed by atoms with van der Waals surface area (Å²) in [5.41, 5.74) is 11.5. The maximum Gasteiger partial charge on any atom is 0.391 e. The van der Waals surface area contributed by atoms with Gasteiger partial charge in [-0.3, -0.25) is 4.99 Å².